The summed E-state index contributed by atoms with van der Waals surface area (Å²) in [5.74, 6) is -0.638. The summed E-state index contributed by atoms with van der Waals surface area (Å²) >= 11 is 0. The number of hydrogen-bond acceptors (Lipinski definition) is 4. The molecule has 18 heavy (non-hydrogen) atoms. The van der Waals surface area contributed by atoms with Crippen LogP contribution in [0.4, 0.5) is 0 Å². The lowest BCUT2D eigenvalue weighted by molar-refractivity contribution is -0.135. The normalized spacial score (nSPS) is 13.1. The second kappa shape index (κ2) is 5.77. The van der Waals surface area contributed by atoms with Crippen LogP contribution in [-0.2, 0) is 16.0 Å². The molecular weight excluding hydrogens is 234 g/mol. The van der Waals surface area contributed by atoms with E-state index in [1.807, 2.05) is 0 Å². The van der Waals surface area contributed by atoms with E-state index >= 15 is 0 Å². The third kappa shape index (κ3) is 3.66. The zero-order chi connectivity index (χ0) is 13.8. The first-order chi connectivity index (χ1) is 8.36. The van der Waals surface area contributed by atoms with Crippen LogP contribution in [0.1, 0.15) is 32.9 Å². The molecule has 0 radical (unpaired) electrons. The van der Waals surface area contributed by atoms with Crippen molar-refractivity contribution in [1.82, 2.24) is 15.3 Å². The molecule has 0 saturated carbocycles. The van der Waals surface area contributed by atoms with Crippen LogP contribution in [0.25, 0.3) is 0 Å². The summed E-state index contributed by atoms with van der Waals surface area (Å²) in [6, 6.07) is 0. The molecule has 0 unspecified atom stereocenters. The van der Waals surface area contributed by atoms with E-state index in [2.05, 4.69) is 15.3 Å². The monoisotopic (exact) mass is 253 g/mol. The Labute approximate surface area is 106 Å². The number of amides is 1. The molecule has 100 valence electrons. The smallest absolute Gasteiger partial charge is 0.250 e. The van der Waals surface area contributed by atoms with Crippen molar-refractivity contribution in [3.63, 3.8) is 0 Å². The molecule has 1 aromatic rings. The minimum atomic E-state index is -1.20. The lowest BCUT2D eigenvalue weighted by atomic mass is 9.96. The van der Waals surface area contributed by atoms with Crippen LogP contribution in [-0.4, -0.2) is 38.4 Å². The van der Waals surface area contributed by atoms with Gasteiger partial charge in [0.25, 0.3) is 0 Å². The average molecular weight is 253 g/mol. The third-order valence-electron chi connectivity index (χ3n) is 2.72. The van der Waals surface area contributed by atoms with Gasteiger partial charge in [-0.05, 0) is 13.8 Å². The second-order valence-electron chi connectivity index (χ2n) is 4.69. The standard InChI is InChI=1S/C12H19N3O3/c1-4-10(17)12(2,3)15-11(18)9(16)5-8-6-13-7-14-8/h6-7,9,16H,4-5H2,1-3H3,(H,13,14)(H,15,18)/t9-/m0/s1. The molecule has 1 amide bonds. The number of nitrogens with zero attached hydrogens (tertiary/aromatic N) is 1. The first kappa shape index (κ1) is 14.4. The molecule has 0 fully saturated rings. The number of rotatable bonds is 6. The Morgan fingerprint density at radius 1 is 1.56 bits per heavy atom. The summed E-state index contributed by atoms with van der Waals surface area (Å²) in [7, 11) is 0. The van der Waals surface area contributed by atoms with Gasteiger partial charge in [-0.3, -0.25) is 9.59 Å². The molecule has 0 bridgehead atoms. The van der Waals surface area contributed by atoms with Crippen molar-refractivity contribution >= 4 is 11.7 Å². The van der Waals surface area contributed by atoms with Crippen molar-refractivity contribution in [2.45, 2.75) is 45.3 Å². The number of aliphatic hydroxyl groups is 1. The van der Waals surface area contributed by atoms with Crippen LogP contribution in [0, 0.1) is 0 Å². The average Bonchev–Trinajstić information content (AvgIpc) is 2.79. The largest absolute Gasteiger partial charge is 0.383 e. The number of aromatic amines is 1. The van der Waals surface area contributed by atoms with E-state index in [4.69, 9.17) is 0 Å². The first-order valence-electron chi connectivity index (χ1n) is 5.87. The van der Waals surface area contributed by atoms with Gasteiger partial charge >= 0.3 is 0 Å². The van der Waals surface area contributed by atoms with E-state index < -0.39 is 17.6 Å². The molecule has 1 aromatic heterocycles. The summed E-state index contributed by atoms with van der Waals surface area (Å²) in [4.78, 5) is 30.0. The van der Waals surface area contributed by atoms with Crippen molar-refractivity contribution in [2.75, 3.05) is 0 Å². The lowest BCUT2D eigenvalue weighted by Crippen LogP contribution is -2.53. The Morgan fingerprint density at radius 2 is 2.22 bits per heavy atom. The van der Waals surface area contributed by atoms with Gasteiger partial charge in [-0.1, -0.05) is 6.92 Å². The van der Waals surface area contributed by atoms with Crippen molar-refractivity contribution in [2.24, 2.45) is 0 Å². The number of ketones is 1. The summed E-state index contributed by atoms with van der Waals surface area (Å²) < 4.78 is 0. The van der Waals surface area contributed by atoms with Gasteiger partial charge in [-0.2, -0.15) is 0 Å². The molecule has 0 aliphatic heterocycles. The lowest BCUT2D eigenvalue weighted by Gasteiger charge is -2.25. The molecule has 0 aliphatic rings. The number of nitrogens with one attached hydrogen (secondary N) is 2. The molecule has 0 saturated heterocycles. The van der Waals surface area contributed by atoms with E-state index in [9.17, 15) is 14.7 Å². The number of aliphatic hydroxyl groups excluding tert-OH is 1. The predicted molar refractivity (Wildman–Crippen MR) is 65.8 cm³/mol. The summed E-state index contributed by atoms with van der Waals surface area (Å²) in [6.07, 6.45) is 2.30. The molecule has 0 aromatic carbocycles. The molecule has 1 atom stereocenters. The van der Waals surface area contributed by atoms with Crippen molar-refractivity contribution in [3.8, 4) is 0 Å². The fraction of sp³-hybridized carbons (Fsp3) is 0.583. The molecule has 1 rings (SSSR count). The van der Waals surface area contributed by atoms with E-state index in [1.54, 1.807) is 27.0 Å². The minimum absolute atomic E-state index is 0.0791. The number of Topliss-reactive ketones (excluding diaryl/α,β-unsaturated/α-hetero) is 1. The maximum Gasteiger partial charge on any atom is 0.250 e. The predicted octanol–water partition coefficient (Wildman–Crippen LogP) is 0.187. The van der Waals surface area contributed by atoms with Gasteiger partial charge in [0, 0.05) is 24.7 Å². The zero-order valence-electron chi connectivity index (χ0n) is 10.9. The van der Waals surface area contributed by atoms with E-state index in [1.165, 1.54) is 6.33 Å². The van der Waals surface area contributed by atoms with Gasteiger partial charge in [0.1, 0.15) is 6.10 Å². The summed E-state index contributed by atoms with van der Waals surface area (Å²) in [5, 5.41) is 12.3. The quantitative estimate of drug-likeness (QED) is 0.674. The SMILES string of the molecule is CCC(=O)C(C)(C)NC(=O)[C@@H](O)Cc1cnc[nH]1. The highest BCUT2D eigenvalue weighted by Crippen LogP contribution is 2.08. The van der Waals surface area contributed by atoms with Gasteiger partial charge in [0.2, 0.25) is 5.91 Å². The molecule has 6 heteroatoms. The third-order valence-corrected chi connectivity index (χ3v) is 2.72. The van der Waals surface area contributed by atoms with Crippen molar-refractivity contribution in [1.29, 1.82) is 0 Å². The molecule has 3 N–H and O–H groups in total. The van der Waals surface area contributed by atoms with Gasteiger partial charge in [0.15, 0.2) is 5.78 Å². The summed E-state index contributed by atoms with van der Waals surface area (Å²) in [5.41, 5.74) is -0.293. The highest BCUT2D eigenvalue weighted by Gasteiger charge is 2.30. The van der Waals surface area contributed by atoms with E-state index in [0.29, 0.717) is 12.1 Å². The van der Waals surface area contributed by atoms with Crippen LogP contribution >= 0.6 is 0 Å². The van der Waals surface area contributed by atoms with Gasteiger partial charge in [-0.15, -0.1) is 0 Å². The number of hydrogen-bond donors (Lipinski definition) is 3. The Morgan fingerprint density at radius 3 is 2.72 bits per heavy atom. The Hall–Kier alpha value is -1.69. The number of carbonyl (C=O) groups is 2. The van der Waals surface area contributed by atoms with Crippen molar-refractivity contribution in [3.05, 3.63) is 18.2 Å². The van der Waals surface area contributed by atoms with Gasteiger partial charge in [-0.25, -0.2) is 4.98 Å². The number of H-pyrrole nitrogens is 1. The minimum Gasteiger partial charge on any atom is -0.383 e. The summed E-state index contributed by atoms with van der Waals surface area (Å²) in [6.45, 7) is 4.98. The van der Waals surface area contributed by atoms with E-state index in [-0.39, 0.29) is 12.2 Å². The Balaban J connectivity index is 2.57. The fourth-order valence-electron chi connectivity index (χ4n) is 1.60. The van der Waals surface area contributed by atoms with E-state index in [0.717, 1.165) is 0 Å². The Bertz CT molecular complexity index is 412. The highest BCUT2D eigenvalue weighted by atomic mass is 16.3. The number of imidazole rings is 1. The fourth-order valence-corrected chi connectivity index (χ4v) is 1.60. The number of aromatic nitrogens is 2. The highest BCUT2D eigenvalue weighted by molar-refractivity contribution is 5.93. The topological polar surface area (TPSA) is 95.1 Å². The molecule has 6 nitrogen and oxygen atoms in total. The molecule has 0 aliphatic carbocycles. The first-order valence-corrected chi connectivity index (χ1v) is 5.87. The van der Waals surface area contributed by atoms with Gasteiger partial charge < -0.3 is 15.4 Å². The number of carbonyl (C=O) groups excluding carboxylic acids is 2. The molecule has 0 spiro atoms. The van der Waals surface area contributed by atoms with Gasteiger partial charge in [0.05, 0.1) is 11.9 Å². The maximum atomic E-state index is 11.8. The molecular formula is C12H19N3O3. The zero-order valence-corrected chi connectivity index (χ0v) is 10.9. The van der Waals surface area contributed by atoms with Crippen LogP contribution in [0.3, 0.4) is 0 Å². The Kier molecular flexibility index (Phi) is 4.61. The van der Waals surface area contributed by atoms with Crippen LogP contribution < -0.4 is 5.32 Å². The van der Waals surface area contributed by atoms with Crippen LogP contribution in [0.15, 0.2) is 12.5 Å². The maximum absolute atomic E-state index is 11.8. The van der Waals surface area contributed by atoms with Crippen LogP contribution in [0.2, 0.25) is 0 Å². The van der Waals surface area contributed by atoms with Crippen molar-refractivity contribution < 1.29 is 14.7 Å². The van der Waals surface area contributed by atoms with Crippen LogP contribution in [0.5, 0.6) is 0 Å². The molecule has 1 heterocycles. The second-order valence-corrected chi connectivity index (χ2v) is 4.69.